The third kappa shape index (κ3) is 2.45. The molecule has 0 bridgehead atoms. The summed E-state index contributed by atoms with van der Waals surface area (Å²) >= 11 is 0. The van der Waals surface area contributed by atoms with Gasteiger partial charge in [-0.2, -0.15) is 5.26 Å². The number of nitrogens with zero attached hydrogens (tertiary/aromatic N) is 3. The monoisotopic (exact) mass is 287 g/mol. The molecule has 1 heterocycles. The summed E-state index contributed by atoms with van der Waals surface area (Å²) < 4.78 is 0. The van der Waals surface area contributed by atoms with Gasteiger partial charge < -0.3 is 0 Å². The smallest absolute Gasteiger partial charge is 0.187 e. The molecule has 0 saturated heterocycles. The molecule has 0 aliphatic rings. The molecule has 0 spiro atoms. The molecule has 3 rings (SSSR count). The number of carbonyl (C=O) groups excluding carboxylic acids is 1. The molecule has 0 N–H and O–H groups in total. The average molecular weight is 287 g/mol. The maximum absolute atomic E-state index is 12.5. The molecule has 0 aliphatic carbocycles. The number of benzene rings is 2. The molecule has 1 aromatic heterocycles. The van der Waals surface area contributed by atoms with Gasteiger partial charge in [-0.05, 0) is 13.0 Å². The third-order valence-corrected chi connectivity index (χ3v) is 3.52. The van der Waals surface area contributed by atoms with E-state index in [1.165, 1.54) is 0 Å². The zero-order valence-electron chi connectivity index (χ0n) is 12.0. The van der Waals surface area contributed by atoms with Gasteiger partial charge in [0.1, 0.15) is 0 Å². The highest BCUT2D eigenvalue weighted by atomic mass is 16.1. The predicted octanol–water partition coefficient (Wildman–Crippen LogP) is 3.43. The van der Waals surface area contributed by atoms with Crippen LogP contribution in [-0.4, -0.2) is 15.8 Å². The fourth-order valence-electron chi connectivity index (χ4n) is 2.39. The lowest BCUT2D eigenvalue weighted by Crippen LogP contribution is -2.15. The molecule has 4 nitrogen and oxygen atoms in total. The molecule has 1 atom stereocenters. The third-order valence-electron chi connectivity index (χ3n) is 3.52. The number of aromatic nitrogens is 2. The summed E-state index contributed by atoms with van der Waals surface area (Å²) in [6.45, 7) is 1.86. The Kier molecular flexibility index (Phi) is 3.63. The van der Waals surface area contributed by atoms with E-state index in [1.54, 1.807) is 24.3 Å². The number of ketones is 1. The zero-order valence-corrected chi connectivity index (χ0v) is 12.0. The van der Waals surface area contributed by atoms with E-state index in [4.69, 9.17) is 0 Å². The van der Waals surface area contributed by atoms with E-state index >= 15 is 0 Å². The van der Waals surface area contributed by atoms with E-state index in [1.807, 2.05) is 43.3 Å². The van der Waals surface area contributed by atoms with Gasteiger partial charge >= 0.3 is 0 Å². The molecule has 22 heavy (non-hydrogen) atoms. The van der Waals surface area contributed by atoms with Crippen molar-refractivity contribution >= 4 is 16.7 Å². The van der Waals surface area contributed by atoms with Crippen molar-refractivity contribution in [1.29, 1.82) is 5.26 Å². The Morgan fingerprint density at radius 2 is 1.73 bits per heavy atom. The standard InChI is InChI=1S/C18H13N3O/c1-12-14-9-5-6-10-16(14)21-18(20-12)15(11-19)17(22)13-7-3-2-4-8-13/h2-10,15H,1H3. The summed E-state index contributed by atoms with van der Waals surface area (Å²) in [5, 5.41) is 10.3. The van der Waals surface area contributed by atoms with Gasteiger partial charge in [0, 0.05) is 16.6 Å². The largest absolute Gasteiger partial charge is 0.292 e. The first-order chi connectivity index (χ1) is 10.7. The number of aryl methyl sites for hydroxylation is 1. The van der Waals surface area contributed by atoms with Crippen LogP contribution >= 0.6 is 0 Å². The molecule has 0 aliphatic heterocycles. The summed E-state index contributed by atoms with van der Waals surface area (Å²) in [4.78, 5) is 21.3. The van der Waals surface area contributed by atoms with Crippen LogP contribution in [0.5, 0.6) is 0 Å². The summed E-state index contributed by atoms with van der Waals surface area (Å²) in [6, 6.07) is 18.4. The zero-order chi connectivity index (χ0) is 15.5. The second-order valence-corrected chi connectivity index (χ2v) is 4.98. The van der Waals surface area contributed by atoms with Gasteiger partial charge in [-0.15, -0.1) is 0 Å². The first kappa shape index (κ1) is 13.9. The lowest BCUT2D eigenvalue weighted by molar-refractivity contribution is 0.0976. The molecule has 0 amide bonds. The molecule has 3 aromatic rings. The van der Waals surface area contributed by atoms with Crippen molar-refractivity contribution in [2.24, 2.45) is 0 Å². The van der Waals surface area contributed by atoms with Crippen molar-refractivity contribution in [1.82, 2.24) is 9.97 Å². The van der Waals surface area contributed by atoms with Crippen molar-refractivity contribution in [2.45, 2.75) is 12.8 Å². The molecule has 0 radical (unpaired) electrons. The molecule has 1 unspecified atom stereocenters. The van der Waals surface area contributed by atoms with Gasteiger partial charge in [-0.3, -0.25) is 4.79 Å². The highest BCUT2D eigenvalue weighted by Gasteiger charge is 2.25. The molecular formula is C18H13N3O. The molecule has 0 fully saturated rings. The second kappa shape index (κ2) is 5.74. The number of Topliss-reactive ketones (excluding diaryl/α,β-unsaturated/α-hetero) is 1. The van der Waals surface area contributed by atoms with Crippen molar-refractivity contribution in [3.63, 3.8) is 0 Å². The van der Waals surface area contributed by atoms with Crippen molar-refractivity contribution in [3.05, 3.63) is 71.7 Å². The molecule has 4 heteroatoms. The Morgan fingerprint density at radius 1 is 1.05 bits per heavy atom. The summed E-state index contributed by atoms with van der Waals surface area (Å²) in [5.41, 5.74) is 2.00. The minimum absolute atomic E-state index is 0.257. The minimum Gasteiger partial charge on any atom is -0.292 e. The van der Waals surface area contributed by atoms with E-state index in [0.29, 0.717) is 5.56 Å². The van der Waals surface area contributed by atoms with Crippen LogP contribution in [0.1, 0.15) is 27.8 Å². The van der Waals surface area contributed by atoms with Crippen LogP contribution in [-0.2, 0) is 0 Å². The van der Waals surface area contributed by atoms with Gasteiger partial charge in [0.25, 0.3) is 0 Å². The van der Waals surface area contributed by atoms with Crippen LogP contribution in [0.15, 0.2) is 54.6 Å². The number of nitriles is 1. The average Bonchev–Trinajstić information content (AvgIpc) is 2.56. The Morgan fingerprint density at radius 3 is 2.45 bits per heavy atom. The van der Waals surface area contributed by atoms with E-state index in [-0.39, 0.29) is 11.6 Å². The Bertz CT molecular complexity index is 882. The molecule has 2 aromatic carbocycles. The van der Waals surface area contributed by atoms with Crippen molar-refractivity contribution in [3.8, 4) is 6.07 Å². The maximum atomic E-state index is 12.5. The van der Waals surface area contributed by atoms with E-state index in [0.717, 1.165) is 16.6 Å². The first-order valence-electron chi connectivity index (χ1n) is 6.93. The van der Waals surface area contributed by atoms with Crippen LogP contribution in [0.2, 0.25) is 0 Å². The van der Waals surface area contributed by atoms with Gasteiger partial charge in [0.2, 0.25) is 0 Å². The molecule has 0 saturated carbocycles. The Hall–Kier alpha value is -3.06. The number of hydrogen-bond donors (Lipinski definition) is 0. The topological polar surface area (TPSA) is 66.6 Å². The summed E-state index contributed by atoms with van der Waals surface area (Å²) in [6.07, 6.45) is 0. The summed E-state index contributed by atoms with van der Waals surface area (Å²) in [5.74, 6) is -1.02. The van der Waals surface area contributed by atoms with Crippen LogP contribution in [0.4, 0.5) is 0 Å². The Labute approximate surface area is 128 Å². The van der Waals surface area contributed by atoms with E-state index in [9.17, 15) is 10.1 Å². The molecule has 106 valence electrons. The van der Waals surface area contributed by atoms with E-state index < -0.39 is 5.92 Å². The fraction of sp³-hybridized carbons (Fsp3) is 0.111. The highest BCUT2D eigenvalue weighted by molar-refractivity contribution is 6.02. The highest BCUT2D eigenvalue weighted by Crippen LogP contribution is 2.21. The van der Waals surface area contributed by atoms with Crippen LogP contribution in [0, 0.1) is 18.3 Å². The normalized spacial score (nSPS) is 11.8. The number of fused-ring (bicyclic) bond motifs is 1. The lowest BCUT2D eigenvalue weighted by Gasteiger charge is -2.09. The number of hydrogen-bond acceptors (Lipinski definition) is 4. The SMILES string of the molecule is Cc1nc(C(C#N)C(=O)c2ccccc2)nc2ccccc12. The number of carbonyl (C=O) groups is 1. The summed E-state index contributed by atoms with van der Waals surface area (Å²) in [7, 11) is 0. The second-order valence-electron chi connectivity index (χ2n) is 4.98. The minimum atomic E-state index is -0.995. The fourth-order valence-corrected chi connectivity index (χ4v) is 2.39. The van der Waals surface area contributed by atoms with Crippen LogP contribution < -0.4 is 0 Å². The first-order valence-corrected chi connectivity index (χ1v) is 6.93. The lowest BCUT2D eigenvalue weighted by atomic mass is 9.98. The predicted molar refractivity (Wildman–Crippen MR) is 83.4 cm³/mol. The molecular weight excluding hydrogens is 274 g/mol. The van der Waals surface area contributed by atoms with Crippen LogP contribution in [0.25, 0.3) is 10.9 Å². The van der Waals surface area contributed by atoms with E-state index in [2.05, 4.69) is 9.97 Å². The van der Waals surface area contributed by atoms with Crippen LogP contribution in [0.3, 0.4) is 0 Å². The van der Waals surface area contributed by atoms with Gasteiger partial charge in [-0.1, -0.05) is 48.5 Å². The van der Waals surface area contributed by atoms with Gasteiger partial charge in [0.15, 0.2) is 17.5 Å². The quantitative estimate of drug-likeness (QED) is 0.692. The van der Waals surface area contributed by atoms with Gasteiger partial charge in [0.05, 0.1) is 11.6 Å². The van der Waals surface area contributed by atoms with Crippen molar-refractivity contribution < 1.29 is 4.79 Å². The van der Waals surface area contributed by atoms with Gasteiger partial charge in [-0.25, -0.2) is 9.97 Å². The Balaban J connectivity index is 2.08. The number of rotatable bonds is 3. The number of para-hydroxylation sites is 1. The maximum Gasteiger partial charge on any atom is 0.187 e. The van der Waals surface area contributed by atoms with Crippen molar-refractivity contribution in [2.75, 3.05) is 0 Å².